The molecule has 4 heteroatoms. The zero-order valence-electron chi connectivity index (χ0n) is 13.8. The molecule has 4 nitrogen and oxygen atoms in total. The summed E-state index contributed by atoms with van der Waals surface area (Å²) in [5, 5.41) is 13.9. The molecule has 0 aliphatic rings. The number of hydrogen-bond donors (Lipinski definition) is 1. The average Bonchev–Trinajstić information content (AvgIpc) is 2.60. The van der Waals surface area contributed by atoms with Crippen LogP contribution in [0.4, 0.5) is 0 Å². The summed E-state index contributed by atoms with van der Waals surface area (Å²) in [5.74, 6) is -1.69. The monoisotopic (exact) mass is 324 g/mol. The minimum Gasteiger partial charge on any atom is -0.548 e. The van der Waals surface area contributed by atoms with E-state index in [0.29, 0.717) is 5.56 Å². The van der Waals surface area contributed by atoms with Crippen LogP contribution in [-0.4, -0.2) is 17.9 Å². The third-order valence-corrected chi connectivity index (χ3v) is 3.91. The second-order valence-corrected chi connectivity index (χ2v) is 5.84. The van der Waals surface area contributed by atoms with Crippen LogP contribution in [0, 0.1) is 0 Å². The summed E-state index contributed by atoms with van der Waals surface area (Å²) in [6, 6.07) is 15.4. The molecule has 1 amide bonds. The number of carboxylic acid groups (broad SMARTS) is 1. The minimum absolute atomic E-state index is 0.198. The Labute approximate surface area is 142 Å². The van der Waals surface area contributed by atoms with E-state index in [9.17, 15) is 14.7 Å². The Hall–Kier alpha value is -2.62. The van der Waals surface area contributed by atoms with Crippen molar-refractivity contribution in [1.82, 2.24) is 5.32 Å². The molecule has 2 aromatic rings. The van der Waals surface area contributed by atoms with Gasteiger partial charge in [0.1, 0.15) is 0 Å². The maximum Gasteiger partial charge on any atom is 0.251 e. The van der Waals surface area contributed by atoms with Gasteiger partial charge in [-0.05, 0) is 42.5 Å². The highest BCUT2D eigenvalue weighted by Crippen LogP contribution is 2.09. The molecule has 0 bridgehead atoms. The second kappa shape index (κ2) is 8.87. The van der Waals surface area contributed by atoms with Crippen LogP contribution in [0.15, 0.2) is 54.6 Å². The van der Waals surface area contributed by atoms with Gasteiger partial charge in [-0.25, -0.2) is 0 Å². The van der Waals surface area contributed by atoms with Gasteiger partial charge in [0.05, 0.1) is 12.0 Å². The van der Waals surface area contributed by atoms with Crippen molar-refractivity contribution in [2.45, 2.75) is 38.6 Å². The Morgan fingerprint density at radius 2 is 1.67 bits per heavy atom. The standard InChI is InChI=1S/C20H23NO3/c1-2-3-7-15-10-12-17(13-11-15)19(22)21-18(20(23)24)14-16-8-5-4-6-9-16/h4-6,8-13,18H,2-3,7,14H2,1H3,(H,21,22)(H,23,24)/p-1/t18-/m0/s1. The summed E-state index contributed by atoms with van der Waals surface area (Å²) < 4.78 is 0. The Morgan fingerprint density at radius 1 is 1.00 bits per heavy atom. The third-order valence-electron chi connectivity index (χ3n) is 3.91. The lowest BCUT2D eigenvalue weighted by molar-refractivity contribution is -0.308. The predicted molar refractivity (Wildman–Crippen MR) is 91.5 cm³/mol. The van der Waals surface area contributed by atoms with Crippen molar-refractivity contribution in [1.29, 1.82) is 0 Å². The maximum atomic E-state index is 12.3. The molecular weight excluding hydrogens is 302 g/mol. The number of nitrogens with one attached hydrogen (secondary N) is 1. The smallest absolute Gasteiger partial charge is 0.251 e. The SMILES string of the molecule is CCCCc1ccc(C(=O)N[C@@H](Cc2ccccc2)C(=O)[O-])cc1. The van der Waals surface area contributed by atoms with E-state index >= 15 is 0 Å². The predicted octanol–water partition coefficient (Wildman–Crippen LogP) is 2.12. The Balaban J connectivity index is 2.01. The summed E-state index contributed by atoms with van der Waals surface area (Å²) in [7, 11) is 0. The number of amides is 1. The summed E-state index contributed by atoms with van der Waals surface area (Å²) >= 11 is 0. The van der Waals surface area contributed by atoms with Crippen LogP contribution >= 0.6 is 0 Å². The van der Waals surface area contributed by atoms with E-state index in [1.807, 2.05) is 42.5 Å². The zero-order chi connectivity index (χ0) is 17.4. The van der Waals surface area contributed by atoms with Gasteiger partial charge in [-0.15, -0.1) is 0 Å². The molecule has 2 aromatic carbocycles. The minimum atomic E-state index is -1.29. The summed E-state index contributed by atoms with van der Waals surface area (Å²) in [5.41, 5.74) is 2.46. The summed E-state index contributed by atoms with van der Waals surface area (Å²) in [4.78, 5) is 23.6. The fraction of sp³-hybridized carbons (Fsp3) is 0.300. The van der Waals surface area contributed by atoms with Gasteiger partial charge in [-0.1, -0.05) is 55.8 Å². The number of carboxylic acids is 1. The molecule has 0 spiro atoms. The Morgan fingerprint density at radius 3 is 2.25 bits per heavy atom. The highest BCUT2D eigenvalue weighted by atomic mass is 16.4. The number of carbonyl (C=O) groups excluding carboxylic acids is 2. The van der Waals surface area contributed by atoms with E-state index in [2.05, 4.69) is 12.2 Å². The molecule has 1 N–H and O–H groups in total. The van der Waals surface area contributed by atoms with E-state index in [0.717, 1.165) is 24.8 Å². The summed E-state index contributed by atoms with van der Waals surface area (Å²) in [6.45, 7) is 2.13. The molecule has 1 atom stereocenters. The van der Waals surface area contributed by atoms with Gasteiger partial charge in [0.25, 0.3) is 5.91 Å². The zero-order valence-corrected chi connectivity index (χ0v) is 13.8. The van der Waals surface area contributed by atoms with Gasteiger partial charge in [0, 0.05) is 5.56 Å². The first-order valence-corrected chi connectivity index (χ1v) is 8.24. The molecule has 0 aromatic heterocycles. The van der Waals surface area contributed by atoms with Crippen LogP contribution in [0.25, 0.3) is 0 Å². The van der Waals surface area contributed by atoms with Gasteiger partial charge >= 0.3 is 0 Å². The Kier molecular flexibility index (Phi) is 6.55. The van der Waals surface area contributed by atoms with Crippen molar-refractivity contribution in [3.63, 3.8) is 0 Å². The van der Waals surface area contributed by atoms with Crippen molar-refractivity contribution in [3.05, 3.63) is 71.3 Å². The number of hydrogen-bond acceptors (Lipinski definition) is 3. The first kappa shape index (κ1) is 17.7. The normalized spacial score (nSPS) is 11.7. The summed E-state index contributed by atoms with van der Waals surface area (Å²) in [6.07, 6.45) is 3.40. The lowest BCUT2D eigenvalue weighted by atomic mass is 10.0. The topological polar surface area (TPSA) is 69.2 Å². The Bertz CT molecular complexity index is 665. The number of benzene rings is 2. The van der Waals surface area contributed by atoms with Crippen LogP contribution in [0.3, 0.4) is 0 Å². The fourth-order valence-corrected chi connectivity index (χ4v) is 2.49. The quantitative estimate of drug-likeness (QED) is 0.808. The van der Waals surface area contributed by atoms with Gasteiger partial charge in [0.15, 0.2) is 0 Å². The van der Waals surface area contributed by atoms with E-state index < -0.39 is 17.9 Å². The number of aliphatic carboxylic acids is 1. The third kappa shape index (κ3) is 5.23. The highest BCUT2D eigenvalue weighted by molar-refractivity contribution is 5.96. The first-order chi connectivity index (χ1) is 11.6. The molecular formula is C20H22NO3-. The van der Waals surface area contributed by atoms with Crippen LogP contribution in [0.5, 0.6) is 0 Å². The number of rotatable bonds is 8. The van der Waals surface area contributed by atoms with E-state index in [1.54, 1.807) is 12.1 Å². The molecule has 0 saturated carbocycles. The molecule has 0 heterocycles. The van der Waals surface area contributed by atoms with Crippen molar-refractivity contribution in [2.24, 2.45) is 0 Å². The van der Waals surface area contributed by atoms with Gasteiger partial charge < -0.3 is 15.2 Å². The van der Waals surface area contributed by atoms with E-state index in [-0.39, 0.29) is 6.42 Å². The number of aryl methyl sites for hydroxylation is 1. The molecule has 126 valence electrons. The average molecular weight is 324 g/mol. The van der Waals surface area contributed by atoms with Gasteiger partial charge in [-0.2, -0.15) is 0 Å². The van der Waals surface area contributed by atoms with Crippen molar-refractivity contribution >= 4 is 11.9 Å². The van der Waals surface area contributed by atoms with Crippen LogP contribution in [0.1, 0.15) is 41.3 Å². The number of carbonyl (C=O) groups is 2. The largest absolute Gasteiger partial charge is 0.548 e. The van der Waals surface area contributed by atoms with Gasteiger partial charge in [0.2, 0.25) is 0 Å². The van der Waals surface area contributed by atoms with E-state index in [4.69, 9.17) is 0 Å². The molecule has 0 saturated heterocycles. The second-order valence-electron chi connectivity index (χ2n) is 5.84. The van der Waals surface area contributed by atoms with Crippen LogP contribution in [-0.2, 0) is 17.6 Å². The van der Waals surface area contributed by atoms with Crippen molar-refractivity contribution in [3.8, 4) is 0 Å². The van der Waals surface area contributed by atoms with E-state index in [1.165, 1.54) is 5.56 Å². The molecule has 2 rings (SSSR count). The highest BCUT2D eigenvalue weighted by Gasteiger charge is 2.15. The molecule has 0 aliphatic carbocycles. The number of unbranched alkanes of at least 4 members (excludes halogenated alkanes) is 1. The van der Waals surface area contributed by atoms with Crippen LogP contribution in [0.2, 0.25) is 0 Å². The maximum absolute atomic E-state index is 12.3. The first-order valence-electron chi connectivity index (χ1n) is 8.24. The lowest BCUT2D eigenvalue weighted by Gasteiger charge is -2.20. The van der Waals surface area contributed by atoms with Crippen molar-refractivity contribution < 1.29 is 14.7 Å². The van der Waals surface area contributed by atoms with Crippen LogP contribution < -0.4 is 10.4 Å². The molecule has 0 radical (unpaired) electrons. The molecule has 0 fully saturated rings. The van der Waals surface area contributed by atoms with Crippen molar-refractivity contribution in [2.75, 3.05) is 0 Å². The molecule has 24 heavy (non-hydrogen) atoms. The molecule has 0 unspecified atom stereocenters. The fourth-order valence-electron chi connectivity index (χ4n) is 2.49. The lowest BCUT2D eigenvalue weighted by Crippen LogP contribution is -2.49. The van der Waals surface area contributed by atoms with Gasteiger partial charge in [-0.3, -0.25) is 4.79 Å². The molecule has 0 aliphatic heterocycles.